The summed E-state index contributed by atoms with van der Waals surface area (Å²) < 4.78 is 3.39. The lowest BCUT2D eigenvalue weighted by molar-refractivity contribution is 0.102. The molecule has 0 radical (unpaired) electrons. The maximum Gasteiger partial charge on any atom is 0.258 e. The van der Waals surface area contributed by atoms with Gasteiger partial charge in [0.05, 0.1) is 22.6 Å². The summed E-state index contributed by atoms with van der Waals surface area (Å²) >= 11 is 6.09. The molecule has 1 N–H and O–H groups in total. The Morgan fingerprint density at radius 1 is 0.966 bits per heavy atom. The summed E-state index contributed by atoms with van der Waals surface area (Å²) in [6.07, 6.45) is 1.54. The van der Waals surface area contributed by atoms with Gasteiger partial charge in [0.15, 0.2) is 5.82 Å². The zero-order valence-electron chi connectivity index (χ0n) is 16.2. The van der Waals surface area contributed by atoms with Crippen molar-refractivity contribution in [3.05, 3.63) is 82.4 Å². The fourth-order valence-corrected chi connectivity index (χ4v) is 3.27. The first kappa shape index (κ1) is 18.9. The van der Waals surface area contributed by atoms with Gasteiger partial charge in [-0.2, -0.15) is 10.2 Å². The van der Waals surface area contributed by atoms with Crippen LogP contribution in [0.15, 0.2) is 54.7 Å². The Labute approximate surface area is 173 Å². The summed E-state index contributed by atoms with van der Waals surface area (Å²) in [5.74, 6) is 0.935. The molecular weight excluding hydrogens is 388 g/mol. The van der Waals surface area contributed by atoms with Crippen LogP contribution in [0, 0.1) is 20.8 Å². The highest BCUT2D eigenvalue weighted by Gasteiger charge is 2.14. The molecule has 0 spiro atoms. The van der Waals surface area contributed by atoms with E-state index in [1.54, 1.807) is 39.7 Å². The van der Waals surface area contributed by atoms with E-state index >= 15 is 0 Å². The number of aromatic nitrogens is 5. The third kappa shape index (κ3) is 3.90. The van der Waals surface area contributed by atoms with E-state index in [-0.39, 0.29) is 5.91 Å². The van der Waals surface area contributed by atoms with Crippen molar-refractivity contribution in [3.8, 4) is 11.5 Å². The molecule has 8 heteroatoms. The molecule has 0 aliphatic heterocycles. The zero-order chi connectivity index (χ0) is 20.5. The minimum Gasteiger partial charge on any atom is -0.306 e. The van der Waals surface area contributed by atoms with Crippen LogP contribution in [0.25, 0.3) is 11.5 Å². The van der Waals surface area contributed by atoms with E-state index in [4.69, 9.17) is 11.6 Å². The maximum absolute atomic E-state index is 12.8. The van der Waals surface area contributed by atoms with Crippen LogP contribution in [-0.2, 0) is 0 Å². The molecule has 29 heavy (non-hydrogen) atoms. The van der Waals surface area contributed by atoms with Crippen LogP contribution in [0.5, 0.6) is 0 Å². The van der Waals surface area contributed by atoms with Gasteiger partial charge in [0.1, 0.15) is 5.82 Å². The molecule has 1 aromatic carbocycles. The van der Waals surface area contributed by atoms with Gasteiger partial charge >= 0.3 is 0 Å². The number of halogens is 1. The van der Waals surface area contributed by atoms with Gasteiger partial charge in [-0.15, -0.1) is 0 Å². The van der Waals surface area contributed by atoms with Crippen LogP contribution in [-0.4, -0.2) is 30.5 Å². The summed E-state index contributed by atoms with van der Waals surface area (Å²) in [5, 5.41) is 12.4. The minimum absolute atomic E-state index is 0.277. The first-order valence-electron chi connectivity index (χ1n) is 9.04. The molecule has 0 aliphatic carbocycles. The van der Waals surface area contributed by atoms with Crippen LogP contribution in [0.1, 0.15) is 27.4 Å². The van der Waals surface area contributed by atoms with Crippen LogP contribution < -0.4 is 5.32 Å². The second kappa shape index (κ2) is 7.52. The predicted octanol–water partition coefficient (Wildman–Crippen LogP) is 4.28. The average Bonchev–Trinajstić information content (AvgIpc) is 3.23. The Morgan fingerprint density at radius 3 is 2.38 bits per heavy atom. The number of pyridine rings is 1. The molecule has 0 unspecified atom stereocenters. The van der Waals surface area contributed by atoms with E-state index < -0.39 is 0 Å². The van der Waals surface area contributed by atoms with Gasteiger partial charge in [-0.05, 0) is 57.2 Å². The summed E-state index contributed by atoms with van der Waals surface area (Å²) in [5.41, 5.74) is 3.87. The van der Waals surface area contributed by atoms with Crippen molar-refractivity contribution in [2.45, 2.75) is 20.8 Å². The summed E-state index contributed by atoms with van der Waals surface area (Å²) in [7, 11) is 0. The number of nitrogens with zero attached hydrogens (tertiary/aromatic N) is 5. The highest BCUT2D eigenvalue weighted by atomic mass is 35.5. The van der Waals surface area contributed by atoms with E-state index in [1.807, 2.05) is 39.0 Å². The lowest BCUT2D eigenvalue weighted by Gasteiger charge is -2.10. The Hall–Kier alpha value is -3.45. The van der Waals surface area contributed by atoms with Gasteiger partial charge in [-0.25, -0.2) is 14.3 Å². The largest absolute Gasteiger partial charge is 0.306 e. The Balaban J connectivity index is 1.58. The molecule has 3 aromatic heterocycles. The number of amides is 1. The van der Waals surface area contributed by atoms with Crippen molar-refractivity contribution in [1.82, 2.24) is 24.5 Å². The standard InChI is InChI=1S/C21H19ClN6O/c1-13-9-15(3)27(25-13)19-8-7-16(12-23-19)21(29)24-20-10-14(2)26-28(20)18-6-4-5-17(22)11-18/h4-12H,1-3H3,(H,24,29). The third-order valence-corrected chi connectivity index (χ3v) is 4.60. The van der Waals surface area contributed by atoms with E-state index in [1.165, 1.54) is 6.20 Å². The second-order valence-electron chi connectivity index (χ2n) is 6.76. The molecule has 3 heterocycles. The summed E-state index contributed by atoms with van der Waals surface area (Å²) in [4.78, 5) is 17.1. The number of hydrogen-bond donors (Lipinski definition) is 1. The van der Waals surface area contributed by atoms with Gasteiger partial charge < -0.3 is 5.32 Å². The third-order valence-electron chi connectivity index (χ3n) is 4.36. The molecule has 0 saturated heterocycles. The lowest BCUT2D eigenvalue weighted by Crippen LogP contribution is -2.15. The number of rotatable bonds is 4. The van der Waals surface area contributed by atoms with E-state index in [0.717, 1.165) is 22.8 Å². The van der Waals surface area contributed by atoms with Crippen LogP contribution >= 0.6 is 11.6 Å². The highest BCUT2D eigenvalue weighted by molar-refractivity contribution is 6.30. The van der Waals surface area contributed by atoms with Crippen molar-refractivity contribution in [1.29, 1.82) is 0 Å². The summed E-state index contributed by atoms with van der Waals surface area (Å²) in [6.45, 7) is 5.75. The number of carbonyl (C=O) groups excluding carboxylic acids is 1. The van der Waals surface area contributed by atoms with Crippen molar-refractivity contribution in [3.63, 3.8) is 0 Å². The SMILES string of the molecule is Cc1cc(C)n(-c2ccc(C(=O)Nc3cc(C)nn3-c3cccc(Cl)c3)cn2)n1. The average molecular weight is 407 g/mol. The van der Waals surface area contributed by atoms with Crippen LogP contribution in [0.3, 0.4) is 0 Å². The Bertz CT molecular complexity index is 1190. The molecule has 0 bridgehead atoms. The number of benzene rings is 1. The molecule has 0 aliphatic rings. The topological polar surface area (TPSA) is 77.6 Å². The predicted molar refractivity (Wildman–Crippen MR) is 112 cm³/mol. The Kier molecular flexibility index (Phi) is 4.90. The highest BCUT2D eigenvalue weighted by Crippen LogP contribution is 2.21. The number of hydrogen-bond acceptors (Lipinski definition) is 4. The molecule has 4 rings (SSSR count). The van der Waals surface area contributed by atoms with E-state index in [2.05, 4.69) is 20.5 Å². The Morgan fingerprint density at radius 2 is 1.72 bits per heavy atom. The first-order chi connectivity index (χ1) is 13.9. The van der Waals surface area contributed by atoms with Crippen molar-refractivity contribution >= 4 is 23.3 Å². The quantitative estimate of drug-likeness (QED) is 0.548. The van der Waals surface area contributed by atoms with Crippen molar-refractivity contribution in [2.75, 3.05) is 5.32 Å². The molecule has 0 saturated carbocycles. The molecule has 146 valence electrons. The number of anilines is 1. The van der Waals surface area contributed by atoms with Gasteiger partial charge in [0.2, 0.25) is 0 Å². The van der Waals surface area contributed by atoms with Gasteiger partial charge in [0.25, 0.3) is 5.91 Å². The van der Waals surface area contributed by atoms with Crippen LogP contribution in [0.2, 0.25) is 5.02 Å². The van der Waals surface area contributed by atoms with Crippen molar-refractivity contribution < 1.29 is 4.79 Å². The fraction of sp³-hybridized carbons (Fsp3) is 0.143. The molecular formula is C21H19ClN6O. The van der Waals surface area contributed by atoms with Gasteiger partial charge in [0, 0.05) is 23.0 Å². The zero-order valence-corrected chi connectivity index (χ0v) is 17.0. The molecule has 0 atom stereocenters. The number of carbonyl (C=O) groups is 1. The lowest BCUT2D eigenvalue weighted by atomic mass is 10.2. The van der Waals surface area contributed by atoms with E-state index in [0.29, 0.717) is 22.2 Å². The maximum atomic E-state index is 12.8. The molecule has 0 fully saturated rings. The normalized spacial score (nSPS) is 10.9. The molecule has 1 amide bonds. The minimum atomic E-state index is -0.277. The van der Waals surface area contributed by atoms with E-state index in [9.17, 15) is 4.79 Å². The fourth-order valence-electron chi connectivity index (χ4n) is 3.09. The smallest absolute Gasteiger partial charge is 0.258 e. The van der Waals surface area contributed by atoms with Gasteiger partial charge in [-0.1, -0.05) is 17.7 Å². The number of aryl methyl sites for hydroxylation is 3. The molecule has 4 aromatic rings. The van der Waals surface area contributed by atoms with Crippen molar-refractivity contribution in [2.24, 2.45) is 0 Å². The van der Waals surface area contributed by atoms with Crippen LogP contribution in [0.4, 0.5) is 5.82 Å². The number of nitrogens with one attached hydrogen (secondary N) is 1. The second-order valence-corrected chi connectivity index (χ2v) is 7.20. The van der Waals surface area contributed by atoms with Gasteiger partial charge in [-0.3, -0.25) is 4.79 Å². The first-order valence-corrected chi connectivity index (χ1v) is 9.42. The monoisotopic (exact) mass is 406 g/mol. The molecule has 7 nitrogen and oxygen atoms in total. The summed E-state index contributed by atoms with van der Waals surface area (Å²) in [6, 6.07) is 14.6.